The summed E-state index contributed by atoms with van der Waals surface area (Å²) < 4.78 is 8.92. The highest BCUT2D eigenvalue weighted by atomic mass is 32.1. The standard InChI is InChI=1S/C26H31N7O4S/c1-5-32-28-21(27-29-32)16-31-19-15-20(17-9-7-6-8-10-17)38-22(19)23(34)33(24(31)35)18-11-13-30(14-12-18)25(36)37-26(2,3)4/h6-10,15,18H,5,11-14,16H2,1-4H3. The second-order valence-electron chi connectivity index (χ2n) is 10.3. The van der Waals surface area contributed by atoms with E-state index < -0.39 is 11.3 Å². The summed E-state index contributed by atoms with van der Waals surface area (Å²) in [7, 11) is 0. The average Bonchev–Trinajstić information content (AvgIpc) is 3.54. The minimum absolute atomic E-state index is 0.0946. The fourth-order valence-electron chi connectivity index (χ4n) is 4.63. The van der Waals surface area contributed by atoms with Crippen molar-refractivity contribution in [3.8, 4) is 10.4 Å². The largest absolute Gasteiger partial charge is 0.444 e. The van der Waals surface area contributed by atoms with Gasteiger partial charge in [0.2, 0.25) is 0 Å². The smallest absolute Gasteiger partial charge is 0.410 e. The van der Waals surface area contributed by atoms with Crippen molar-refractivity contribution < 1.29 is 9.53 Å². The first-order valence-corrected chi connectivity index (χ1v) is 13.5. The topological polar surface area (TPSA) is 117 Å². The Morgan fingerprint density at radius 3 is 2.47 bits per heavy atom. The second-order valence-corrected chi connectivity index (χ2v) is 11.4. The SMILES string of the molecule is CCn1nnc(Cn2c(=O)n(C3CCN(C(=O)OC(C)(C)C)CC3)c(=O)c3sc(-c4ccccc4)cc32)n1. The van der Waals surface area contributed by atoms with Crippen molar-refractivity contribution in [3.05, 3.63) is 63.1 Å². The molecule has 0 radical (unpaired) electrons. The van der Waals surface area contributed by atoms with Crippen LogP contribution >= 0.6 is 11.3 Å². The molecule has 0 unspecified atom stereocenters. The van der Waals surface area contributed by atoms with E-state index in [4.69, 9.17) is 4.74 Å². The number of ether oxygens (including phenoxy) is 1. The van der Waals surface area contributed by atoms with Crippen LogP contribution in [0.15, 0.2) is 46.0 Å². The van der Waals surface area contributed by atoms with E-state index >= 15 is 0 Å². The predicted octanol–water partition coefficient (Wildman–Crippen LogP) is 3.52. The third-order valence-electron chi connectivity index (χ3n) is 6.47. The van der Waals surface area contributed by atoms with Crippen molar-refractivity contribution in [2.24, 2.45) is 0 Å². The number of fused-ring (bicyclic) bond motifs is 1. The molecule has 4 heterocycles. The minimum Gasteiger partial charge on any atom is -0.444 e. The van der Waals surface area contributed by atoms with Gasteiger partial charge in [-0.15, -0.1) is 21.5 Å². The van der Waals surface area contributed by atoms with Crippen molar-refractivity contribution in [2.75, 3.05) is 13.1 Å². The summed E-state index contributed by atoms with van der Waals surface area (Å²) in [6.07, 6.45) is 0.564. The predicted molar refractivity (Wildman–Crippen MR) is 144 cm³/mol. The minimum atomic E-state index is -0.590. The van der Waals surface area contributed by atoms with E-state index in [0.29, 0.717) is 48.5 Å². The number of carbonyl (C=O) groups excluding carboxylic acids is 1. The van der Waals surface area contributed by atoms with Crippen LogP contribution < -0.4 is 11.2 Å². The molecule has 1 amide bonds. The van der Waals surface area contributed by atoms with Crippen molar-refractivity contribution >= 4 is 27.6 Å². The molecule has 3 aromatic heterocycles. The van der Waals surface area contributed by atoms with Gasteiger partial charge in [0.1, 0.15) is 10.3 Å². The summed E-state index contributed by atoms with van der Waals surface area (Å²) in [5.41, 5.74) is 0.212. The number of nitrogens with zero attached hydrogens (tertiary/aromatic N) is 7. The Bertz CT molecular complexity index is 1570. The lowest BCUT2D eigenvalue weighted by atomic mass is 10.1. The Kier molecular flexibility index (Phi) is 6.91. The number of amides is 1. The number of aryl methyl sites for hydroxylation is 1. The third-order valence-corrected chi connectivity index (χ3v) is 7.63. The first kappa shape index (κ1) is 25.8. The molecule has 1 fully saturated rings. The van der Waals surface area contributed by atoms with Crippen LogP contribution in [0.25, 0.3) is 20.7 Å². The quantitative estimate of drug-likeness (QED) is 0.382. The molecule has 0 bridgehead atoms. The van der Waals surface area contributed by atoms with Crippen molar-refractivity contribution in [1.29, 1.82) is 0 Å². The summed E-state index contributed by atoms with van der Waals surface area (Å²) in [4.78, 5) is 44.2. The first-order valence-electron chi connectivity index (χ1n) is 12.7. The van der Waals surface area contributed by atoms with Gasteiger partial charge in [0.25, 0.3) is 5.56 Å². The number of likely N-dealkylation sites (tertiary alicyclic amines) is 1. The van der Waals surface area contributed by atoms with Crippen LogP contribution in [0.2, 0.25) is 0 Å². The molecule has 0 saturated carbocycles. The second kappa shape index (κ2) is 10.2. The van der Waals surface area contributed by atoms with Crippen LogP contribution in [0, 0.1) is 0 Å². The van der Waals surface area contributed by atoms with Crippen LogP contribution in [-0.4, -0.2) is 59.0 Å². The van der Waals surface area contributed by atoms with Gasteiger partial charge in [0.15, 0.2) is 5.82 Å². The first-order chi connectivity index (χ1) is 18.1. The van der Waals surface area contributed by atoms with Gasteiger partial charge >= 0.3 is 11.8 Å². The lowest BCUT2D eigenvalue weighted by Gasteiger charge is -2.34. The zero-order valence-electron chi connectivity index (χ0n) is 22.0. The number of piperidine rings is 1. The molecular weight excluding hydrogens is 506 g/mol. The maximum absolute atomic E-state index is 13.9. The Morgan fingerprint density at radius 2 is 1.84 bits per heavy atom. The highest BCUT2D eigenvalue weighted by Gasteiger charge is 2.30. The molecule has 0 aliphatic carbocycles. The zero-order valence-corrected chi connectivity index (χ0v) is 22.8. The Hall–Kier alpha value is -3.80. The summed E-state index contributed by atoms with van der Waals surface area (Å²) in [5.74, 6) is 0.396. The molecule has 38 heavy (non-hydrogen) atoms. The van der Waals surface area contributed by atoms with E-state index in [2.05, 4.69) is 15.4 Å². The maximum atomic E-state index is 13.9. The number of thiophene rings is 1. The zero-order chi connectivity index (χ0) is 27.0. The van der Waals surface area contributed by atoms with E-state index in [1.807, 2.05) is 64.1 Å². The fourth-order valence-corrected chi connectivity index (χ4v) is 5.74. The Balaban J connectivity index is 1.54. The molecule has 12 heteroatoms. The number of tetrazole rings is 1. The highest BCUT2D eigenvalue weighted by molar-refractivity contribution is 7.22. The number of rotatable bonds is 5. The van der Waals surface area contributed by atoms with E-state index in [-0.39, 0.29) is 24.2 Å². The molecule has 1 aliphatic heterocycles. The van der Waals surface area contributed by atoms with E-state index in [1.54, 1.807) is 9.47 Å². The molecule has 1 aromatic carbocycles. The molecule has 0 spiro atoms. The van der Waals surface area contributed by atoms with Crippen LogP contribution in [-0.2, 0) is 17.8 Å². The Labute approximate surface area is 223 Å². The summed E-state index contributed by atoms with van der Waals surface area (Å²) in [6, 6.07) is 11.3. The molecule has 4 aromatic rings. The van der Waals surface area contributed by atoms with E-state index in [9.17, 15) is 14.4 Å². The number of hydrogen-bond donors (Lipinski definition) is 0. The number of aromatic nitrogens is 6. The summed E-state index contributed by atoms with van der Waals surface area (Å²) in [6.45, 7) is 8.84. The van der Waals surface area contributed by atoms with Gasteiger partial charge in [0, 0.05) is 24.0 Å². The van der Waals surface area contributed by atoms with Crippen LogP contribution in [0.4, 0.5) is 4.79 Å². The molecule has 1 saturated heterocycles. The normalized spacial score (nSPS) is 14.8. The van der Waals surface area contributed by atoms with Gasteiger partial charge in [-0.3, -0.25) is 13.9 Å². The van der Waals surface area contributed by atoms with Crippen LogP contribution in [0.3, 0.4) is 0 Å². The monoisotopic (exact) mass is 537 g/mol. The highest BCUT2D eigenvalue weighted by Crippen LogP contribution is 2.32. The van der Waals surface area contributed by atoms with Crippen molar-refractivity contribution in [2.45, 2.75) is 65.3 Å². The lowest BCUT2D eigenvalue weighted by Crippen LogP contribution is -2.47. The Morgan fingerprint density at radius 1 is 1.13 bits per heavy atom. The summed E-state index contributed by atoms with van der Waals surface area (Å²) in [5, 5.41) is 12.5. The van der Waals surface area contributed by atoms with Crippen LogP contribution in [0.5, 0.6) is 0 Å². The molecular formula is C26H31N7O4S. The molecule has 5 rings (SSSR count). The van der Waals surface area contributed by atoms with Gasteiger partial charge in [-0.2, -0.15) is 4.80 Å². The van der Waals surface area contributed by atoms with Gasteiger partial charge in [-0.1, -0.05) is 30.3 Å². The molecule has 200 valence electrons. The summed E-state index contributed by atoms with van der Waals surface area (Å²) >= 11 is 1.37. The molecule has 11 nitrogen and oxygen atoms in total. The number of hydrogen-bond acceptors (Lipinski definition) is 8. The van der Waals surface area contributed by atoms with Gasteiger partial charge in [-0.25, -0.2) is 9.59 Å². The number of carbonyl (C=O) groups is 1. The fraction of sp³-hybridized carbons (Fsp3) is 0.462. The van der Waals surface area contributed by atoms with Crippen molar-refractivity contribution in [3.63, 3.8) is 0 Å². The van der Waals surface area contributed by atoms with E-state index in [1.165, 1.54) is 20.7 Å². The molecule has 1 aliphatic rings. The average molecular weight is 538 g/mol. The van der Waals surface area contributed by atoms with E-state index in [0.717, 1.165) is 10.4 Å². The molecule has 0 N–H and O–H groups in total. The lowest BCUT2D eigenvalue weighted by molar-refractivity contribution is 0.0186. The van der Waals surface area contributed by atoms with Crippen molar-refractivity contribution in [1.82, 2.24) is 34.2 Å². The van der Waals surface area contributed by atoms with Gasteiger partial charge in [0.05, 0.1) is 18.6 Å². The van der Waals surface area contributed by atoms with Gasteiger partial charge < -0.3 is 9.64 Å². The number of benzene rings is 1. The molecule has 0 atom stereocenters. The van der Waals surface area contributed by atoms with Crippen LogP contribution in [0.1, 0.15) is 52.4 Å². The van der Waals surface area contributed by atoms with Gasteiger partial charge in [-0.05, 0) is 57.4 Å². The third kappa shape index (κ3) is 5.13. The maximum Gasteiger partial charge on any atom is 0.410 e.